The van der Waals surface area contributed by atoms with Crippen molar-refractivity contribution in [2.75, 3.05) is 32.0 Å². The lowest BCUT2D eigenvalue weighted by Gasteiger charge is -2.23. The minimum Gasteiger partial charge on any atom is -0.493 e. The van der Waals surface area contributed by atoms with Crippen LogP contribution >= 0.6 is 11.3 Å². The molecule has 0 radical (unpaired) electrons. The number of aromatic nitrogens is 2. The van der Waals surface area contributed by atoms with Crippen LogP contribution in [-0.4, -0.2) is 49.2 Å². The first kappa shape index (κ1) is 33.4. The van der Waals surface area contributed by atoms with Crippen molar-refractivity contribution in [2.24, 2.45) is 5.92 Å². The molecule has 2 amide bonds. The van der Waals surface area contributed by atoms with Crippen molar-refractivity contribution in [3.8, 4) is 39.8 Å². The van der Waals surface area contributed by atoms with Gasteiger partial charge in [0.2, 0.25) is 23.0 Å². The molecule has 5 rings (SSSR count). The largest absolute Gasteiger partial charge is 0.493 e. The van der Waals surface area contributed by atoms with Crippen molar-refractivity contribution in [3.05, 3.63) is 75.4 Å². The van der Waals surface area contributed by atoms with E-state index < -0.39 is 12.1 Å². The zero-order valence-electron chi connectivity index (χ0n) is 27.3. The molecule has 3 atom stereocenters. The van der Waals surface area contributed by atoms with Gasteiger partial charge in [-0.25, -0.2) is 4.98 Å². The molecule has 12 heteroatoms. The molecule has 0 aliphatic heterocycles. The van der Waals surface area contributed by atoms with Crippen LogP contribution in [0.25, 0.3) is 22.5 Å². The van der Waals surface area contributed by atoms with Gasteiger partial charge in [-0.2, -0.15) is 0 Å². The summed E-state index contributed by atoms with van der Waals surface area (Å²) in [5.74, 6) is 0.751. The molecule has 0 unspecified atom stereocenters. The van der Waals surface area contributed by atoms with Crippen molar-refractivity contribution in [1.82, 2.24) is 15.3 Å². The number of hydrogen-bond acceptors (Lipinski definition) is 10. The Kier molecular flexibility index (Phi) is 10.4. The van der Waals surface area contributed by atoms with E-state index in [-0.39, 0.29) is 28.8 Å². The Balaban J connectivity index is 1.56. The first-order valence-corrected chi connectivity index (χ1v) is 16.3. The number of pyridine rings is 1. The van der Waals surface area contributed by atoms with Crippen LogP contribution < -0.4 is 35.6 Å². The molecule has 0 bridgehead atoms. The number of benzene rings is 1. The Morgan fingerprint density at radius 2 is 1.83 bits per heavy atom. The normalized spacial score (nSPS) is 14.8. The van der Waals surface area contributed by atoms with Crippen molar-refractivity contribution < 1.29 is 23.8 Å². The van der Waals surface area contributed by atoms with Crippen LogP contribution in [0.2, 0.25) is 0 Å². The van der Waals surface area contributed by atoms with E-state index in [0.29, 0.717) is 64.2 Å². The molecule has 2 heterocycles. The van der Waals surface area contributed by atoms with E-state index in [1.54, 1.807) is 33.6 Å². The summed E-state index contributed by atoms with van der Waals surface area (Å²) in [5, 5.41) is 11.5. The number of hydrogen-bond donors (Lipinski definition) is 3. The van der Waals surface area contributed by atoms with E-state index in [2.05, 4.69) is 25.9 Å². The van der Waals surface area contributed by atoms with Crippen LogP contribution in [0, 0.1) is 5.92 Å². The topological polar surface area (TPSA) is 141 Å². The minimum atomic E-state index is -0.741. The lowest BCUT2D eigenvalue weighted by molar-refractivity contribution is -0.120. The summed E-state index contributed by atoms with van der Waals surface area (Å²) in [6.45, 7) is 5.40. The number of carbonyl (C=O) groups excluding carboxylic acids is 2. The molecule has 4 aromatic rings. The number of nitrogens with zero attached hydrogens (tertiary/aromatic N) is 2. The average molecular weight is 658 g/mol. The molecule has 2 aromatic carbocycles. The van der Waals surface area contributed by atoms with Crippen molar-refractivity contribution in [1.29, 1.82) is 0 Å². The molecule has 0 fully saturated rings. The summed E-state index contributed by atoms with van der Waals surface area (Å²) < 4.78 is 17.2. The first-order valence-electron chi connectivity index (χ1n) is 15.4. The maximum atomic E-state index is 13.9. The molecule has 11 nitrogen and oxygen atoms in total. The smallest absolute Gasteiger partial charge is 0.248 e. The number of rotatable bonds is 11. The Bertz CT molecular complexity index is 1830. The molecule has 2 aromatic heterocycles. The molecule has 0 saturated heterocycles. The Morgan fingerprint density at radius 3 is 2.49 bits per heavy atom. The zero-order chi connectivity index (χ0) is 33.7. The Labute approximate surface area is 277 Å². The predicted octanol–water partition coefficient (Wildman–Crippen LogP) is 5.85. The Morgan fingerprint density at radius 1 is 1.04 bits per heavy atom. The van der Waals surface area contributed by atoms with Crippen LogP contribution in [0.3, 0.4) is 0 Å². The third-order valence-corrected chi connectivity index (χ3v) is 9.14. The standard InChI is InChI=1S/C35H39N5O6S/c1-7-19(2)31(34(43)40-35-39-27(18-47-35)25-10-8-9-15-36-25)38-26-14-12-22-23(17-28(26)42)24(37-20(3)41)13-11-21-16-29(44-4)32(45-5)33(46-6)30(21)22/h8-10,12,14-19,24,31H,7,11,13H2,1-6H3,(H,37,41)(H,38,42)(H,39,40,43)/t19-,24+,31+/m0/s1. The highest BCUT2D eigenvalue weighted by atomic mass is 32.1. The number of aryl methyl sites for hydroxylation is 1. The molecule has 0 saturated carbocycles. The summed E-state index contributed by atoms with van der Waals surface area (Å²) in [6.07, 6.45) is 3.50. The fourth-order valence-corrected chi connectivity index (χ4v) is 6.55. The molecular weight excluding hydrogens is 618 g/mol. The fraction of sp³-hybridized carbons (Fsp3) is 0.343. The van der Waals surface area contributed by atoms with Crippen LogP contribution in [0.1, 0.15) is 50.8 Å². The molecule has 0 spiro atoms. The highest BCUT2D eigenvalue weighted by molar-refractivity contribution is 7.14. The quantitative estimate of drug-likeness (QED) is 0.181. The van der Waals surface area contributed by atoms with Gasteiger partial charge < -0.3 is 30.2 Å². The van der Waals surface area contributed by atoms with Crippen LogP contribution in [0.15, 0.2) is 58.8 Å². The summed E-state index contributed by atoms with van der Waals surface area (Å²) in [6, 6.07) is 11.3. The minimum absolute atomic E-state index is 0.127. The number of carbonyl (C=O) groups is 2. The number of anilines is 2. The maximum absolute atomic E-state index is 13.9. The van der Waals surface area contributed by atoms with Gasteiger partial charge in [0.1, 0.15) is 11.7 Å². The lowest BCUT2D eigenvalue weighted by Crippen LogP contribution is -2.40. The molecular formula is C35H39N5O6S. The third kappa shape index (κ3) is 7.07. The SMILES string of the molecule is CC[C@H](C)[C@@H](Nc1ccc2c(cc1=O)[C@H](NC(C)=O)CCc1cc(OC)c(OC)c(OC)c1-2)C(=O)Nc1nc(-c2ccccn2)cs1. The van der Waals surface area contributed by atoms with Gasteiger partial charge in [-0.3, -0.25) is 19.4 Å². The number of thiazole rings is 1. The summed E-state index contributed by atoms with van der Waals surface area (Å²) >= 11 is 1.31. The van der Waals surface area contributed by atoms with Gasteiger partial charge in [0, 0.05) is 24.1 Å². The van der Waals surface area contributed by atoms with E-state index >= 15 is 0 Å². The molecule has 3 N–H and O–H groups in total. The van der Waals surface area contributed by atoms with Gasteiger partial charge in [0.05, 0.1) is 38.8 Å². The summed E-state index contributed by atoms with van der Waals surface area (Å²) in [5.41, 5.74) is 4.30. The van der Waals surface area contributed by atoms with E-state index in [0.717, 1.165) is 11.1 Å². The monoisotopic (exact) mass is 657 g/mol. The van der Waals surface area contributed by atoms with Crippen LogP contribution in [-0.2, 0) is 16.0 Å². The molecule has 47 heavy (non-hydrogen) atoms. The third-order valence-electron chi connectivity index (χ3n) is 8.38. The number of nitrogens with one attached hydrogen (secondary N) is 3. The fourth-order valence-electron chi connectivity index (χ4n) is 5.84. The average Bonchev–Trinajstić information content (AvgIpc) is 3.42. The number of methoxy groups -OCH3 is 3. The first-order chi connectivity index (χ1) is 22.7. The second-order valence-corrected chi connectivity index (χ2v) is 12.2. The summed E-state index contributed by atoms with van der Waals surface area (Å²) in [4.78, 5) is 48.8. The second-order valence-electron chi connectivity index (χ2n) is 11.3. The zero-order valence-corrected chi connectivity index (χ0v) is 28.1. The van der Waals surface area contributed by atoms with Gasteiger partial charge in [-0.15, -0.1) is 11.3 Å². The lowest BCUT2D eigenvalue weighted by atomic mass is 9.95. The highest BCUT2D eigenvalue weighted by Gasteiger charge is 2.30. The van der Waals surface area contributed by atoms with Gasteiger partial charge in [0.15, 0.2) is 16.6 Å². The molecule has 1 aliphatic rings. The predicted molar refractivity (Wildman–Crippen MR) is 184 cm³/mol. The van der Waals surface area contributed by atoms with Crippen molar-refractivity contribution >= 4 is 34.0 Å². The van der Waals surface area contributed by atoms with Crippen molar-refractivity contribution in [3.63, 3.8) is 0 Å². The van der Waals surface area contributed by atoms with E-state index in [4.69, 9.17) is 14.2 Å². The maximum Gasteiger partial charge on any atom is 0.248 e. The van der Waals surface area contributed by atoms with E-state index in [1.165, 1.54) is 24.3 Å². The van der Waals surface area contributed by atoms with E-state index in [9.17, 15) is 14.4 Å². The number of amides is 2. The van der Waals surface area contributed by atoms with Gasteiger partial charge in [-0.1, -0.05) is 32.4 Å². The van der Waals surface area contributed by atoms with Gasteiger partial charge in [0.25, 0.3) is 0 Å². The second kappa shape index (κ2) is 14.6. The molecule has 1 aliphatic carbocycles. The Hall–Kier alpha value is -4.97. The highest BCUT2D eigenvalue weighted by Crippen LogP contribution is 2.50. The summed E-state index contributed by atoms with van der Waals surface area (Å²) in [7, 11) is 4.66. The molecule has 246 valence electrons. The van der Waals surface area contributed by atoms with Crippen LogP contribution in [0.4, 0.5) is 10.8 Å². The van der Waals surface area contributed by atoms with Crippen molar-refractivity contribution in [2.45, 2.75) is 52.1 Å². The number of fused-ring (bicyclic) bond motifs is 3. The van der Waals surface area contributed by atoms with Gasteiger partial charge >= 0.3 is 0 Å². The number of ether oxygens (including phenoxy) is 3. The van der Waals surface area contributed by atoms with Crippen LogP contribution in [0.5, 0.6) is 17.2 Å². The van der Waals surface area contributed by atoms with Gasteiger partial charge in [-0.05, 0) is 65.8 Å². The van der Waals surface area contributed by atoms with E-state index in [1.807, 2.05) is 49.6 Å².